The Kier molecular flexibility index (Phi) is 6.65. The van der Waals surface area contributed by atoms with Crippen LogP contribution in [0.5, 0.6) is 0 Å². The van der Waals surface area contributed by atoms with Crippen LogP contribution < -0.4 is 10.0 Å². The zero-order valence-corrected chi connectivity index (χ0v) is 15.5. The van der Waals surface area contributed by atoms with E-state index in [0.717, 1.165) is 6.26 Å². The second-order valence-electron chi connectivity index (χ2n) is 5.78. The van der Waals surface area contributed by atoms with Gasteiger partial charge in [0.05, 0.1) is 30.7 Å². The van der Waals surface area contributed by atoms with Gasteiger partial charge in [0.1, 0.15) is 5.82 Å². The quantitative estimate of drug-likeness (QED) is 0.702. The second kappa shape index (κ2) is 8.74. The van der Waals surface area contributed by atoms with Gasteiger partial charge in [0.15, 0.2) is 0 Å². The van der Waals surface area contributed by atoms with E-state index in [1.165, 1.54) is 43.5 Å². The zero-order valence-electron chi connectivity index (χ0n) is 14.7. The molecule has 9 heteroatoms. The first kappa shape index (κ1) is 20.5. The average Bonchev–Trinajstić information content (AvgIpc) is 2.60. The predicted octanol–water partition coefficient (Wildman–Crippen LogP) is 2.23. The van der Waals surface area contributed by atoms with Crippen LogP contribution in [0.4, 0.5) is 10.1 Å². The van der Waals surface area contributed by atoms with Crippen molar-refractivity contribution < 1.29 is 27.1 Å². The van der Waals surface area contributed by atoms with E-state index in [1.807, 2.05) is 0 Å². The summed E-state index contributed by atoms with van der Waals surface area (Å²) in [7, 11) is -2.40. The summed E-state index contributed by atoms with van der Waals surface area (Å²) in [5, 5.41) is 2.57. The number of hydrogen-bond acceptors (Lipinski definition) is 5. The molecular weight excluding hydrogens is 375 g/mol. The minimum atomic E-state index is -3.62. The van der Waals surface area contributed by atoms with Crippen LogP contribution >= 0.6 is 0 Å². The molecule has 7 nitrogen and oxygen atoms in total. The van der Waals surface area contributed by atoms with Crippen molar-refractivity contribution in [3.05, 3.63) is 65.5 Å². The minimum Gasteiger partial charge on any atom is -0.465 e. The fraction of sp³-hybridized carbons (Fsp3) is 0.222. The molecule has 2 aromatic rings. The molecule has 0 heterocycles. The molecule has 0 bridgehead atoms. The number of ether oxygens (including phenoxy) is 1. The molecule has 0 saturated carbocycles. The molecule has 0 aromatic heterocycles. The van der Waals surface area contributed by atoms with E-state index in [-0.39, 0.29) is 17.7 Å². The van der Waals surface area contributed by atoms with Crippen LogP contribution in [0.2, 0.25) is 0 Å². The van der Waals surface area contributed by atoms with E-state index < -0.39 is 33.8 Å². The van der Waals surface area contributed by atoms with Gasteiger partial charge in [-0.1, -0.05) is 24.3 Å². The van der Waals surface area contributed by atoms with Crippen molar-refractivity contribution in [2.24, 2.45) is 0 Å². The molecule has 2 aromatic carbocycles. The third-order valence-corrected chi connectivity index (χ3v) is 4.34. The first-order chi connectivity index (χ1) is 12.7. The third kappa shape index (κ3) is 6.15. The number of para-hydroxylation sites is 1. The summed E-state index contributed by atoms with van der Waals surface area (Å²) in [6.07, 6.45) is 0.711. The highest BCUT2D eigenvalue weighted by molar-refractivity contribution is 7.88. The van der Waals surface area contributed by atoms with Crippen LogP contribution in [0.25, 0.3) is 0 Å². The number of benzene rings is 2. The number of sulfonamides is 1. The van der Waals surface area contributed by atoms with Crippen LogP contribution in [0, 0.1) is 5.82 Å². The van der Waals surface area contributed by atoms with E-state index in [4.69, 9.17) is 0 Å². The van der Waals surface area contributed by atoms with Gasteiger partial charge in [-0.25, -0.2) is 22.3 Å². The van der Waals surface area contributed by atoms with E-state index in [1.54, 1.807) is 12.1 Å². The highest BCUT2D eigenvalue weighted by Crippen LogP contribution is 2.21. The third-order valence-electron chi connectivity index (χ3n) is 3.62. The van der Waals surface area contributed by atoms with Crippen LogP contribution in [-0.4, -0.2) is 33.7 Å². The summed E-state index contributed by atoms with van der Waals surface area (Å²) in [4.78, 5) is 24.2. The van der Waals surface area contributed by atoms with Crippen LogP contribution in [-0.2, 0) is 19.6 Å². The Balaban J connectivity index is 2.21. The Morgan fingerprint density at radius 1 is 1.11 bits per heavy atom. The first-order valence-corrected chi connectivity index (χ1v) is 9.78. The van der Waals surface area contributed by atoms with E-state index in [2.05, 4.69) is 14.8 Å². The van der Waals surface area contributed by atoms with Gasteiger partial charge in [0.25, 0.3) is 0 Å². The molecule has 0 aliphatic carbocycles. The van der Waals surface area contributed by atoms with Gasteiger partial charge in [-0.15, -0.1) is 0 Å². The van der Waals surface area contributed by atoms with Crippen molar-refractivity contribution in [2.45, 2.75) is 12.5 Å². The molecule has 0 aliphatic heterocycles. The molecule has 0 fully saturated rings. The normalized spacial score (nSPS) is 12.3. The molecular formula is C18H19FN2O5S. The predicted molar refractivity (Wildman–Crippen MR) is 98.1 cm³/mol. The standard InChI is InChI=1S/C18H19FN2O5S/c1-26-18(23)14-5-3-4-6-15(14)20-17(22)11-16(21-27(2,24)25)12-7-9-13(19)10-8-12/h3-10,16,21H,11H2,1-2H3,(H,20,22)/t16-/m1/s1. The van der Waals surface area contributed by atoms with Gasteiger partial charge in [-0.2, -0.15) is 0 Å². The van der Waals surface area contributed by atoms with Crippen molar-refractivity contribution >= 4 is 27.6 Å². The van der Waals surface area contributed by atoms with Crippen LogP contribution in [0.3, 0.4) is 0 Å². The number of nitrogens with one attached hydrogen (secondary N) is 2. The highest BCUT2D eigenvalue weighted by Gasteiger charge is 2.21. The Bertz CT molecular complexity index is 929. The fourth-order valence-electron chi connectivity index (χ4n) is 2.45. The zero-order chi connectivity index (χ0) is 20.0. The Morgan fingerprint density at radius 2 is 1.74 bits per heavy atom. The van der Waals surface area contributed by atoms with Crippen molar-refractivity contribution in [1.29, 1.82) is 0 Å². The highest BCUT2D eigenvalue weighted by atomic mass is 32.2. The van der Waals surface area contributed by atoms with E-state index in [9.17, 15) is 22.4 Å². The number of carbonyl (C=O) groups is 2. The van der Waals surface area contributed by atoms with Crippen molar-refractivity contribution in [3.8, 4) is 0 Å². The van der Waals surface area contributed by atoms with Crippen LogP contribution in [0.15, 0.2) is 48.5 Å². The SMILES string of the molecule is COC(=O)c1ccccc1NC(=O)C[C@@H](NS(C)(=O)=O)c1ccc(F)cc1. The number of rotatable bonds is 7. The number of esters is 1. The molecule has 0 unspecified atom stereocenters. The molecule has 1 atom stereocenters. The fourth-order valence-corrected chi connectivity index (χ4v) is 3.18. The molecule has 2 rings (SSSR count). The maximum atomic E-state index is 13.1. The Morgan fingerprint density at radius 3 is 2.33 bits per heavy atom. The Hall–Kier alpha value is -2.78. The molecule has 0 saturated heterocycles. The number of amides is 1. The van der Waals surface area contributed by atoms with Crippen molar-refractivity contribution in [1.82, 2.24) is 4.72 Å². The number of carbonyl (C=O) groups excluding carboxylic acids is 2. The summed E-state index contributed by atoms with van der Waals surface area (Å²) in [6.45, 7) is 0. The van der Waals surface area contributed by atoms with Gasteiger partial charge in [-0.3, -0.25) is 4.79 Å². The molecule has 144 valence electrons. The number of halogens is 1. The minimum absolute atomic E-state index is 0.169. The summed E-state index contributed by atoms with van der Waals surface area (Å²) in [5.74, 6) is -1.62. The van der Waals surface area contributed by atoms with Gasteiger partial charge in [0, 0.05) is 6.42 Å². The van der Waals surface area contributed by atoms with Gasteiger partial charge < -0.3 is 10.1 Å². The van der Waals surface area contributed by atoms with Crippen molar-refractivity contribution in [2.75, 3.05) is 18.7 Å². The van der Waals surface area contributed by atoms with Gasteiger partial charge >= 0.3 is 5.97 Å². The van der Waals surface area contributed by atoms with Crippen molar-refractivity contribution in [3.63, 3.8) is 0 Å². The lowest BCUT2D eigenvalue weighted by Crippen LogP contribution is -2.31. The topological polar surface area (TPSA) is 102 Å². The maximum absolute atomic E-state index is 13.1. The molecule has 0 spiro atoms. The van der Waals surface area contributed by atoms with Gasteiger partial charge in [0.2, 0.25) is 15.9 Å². The first-order valence-electron chi connectivity index (χ1n) is 7.89. The number of methoxy groups -OCH3 is 1. The number of hydrogen-bond donors (Lipinski definition) is 2. The molecule has 27 heavy (non-hydrogen) atoms. The molecule has 2 N–H and O–H groups in total. The maximum Gasteiger partial charge on any atom is 0.339 e. The lowest BCUT2D eigenvalue weighted by atomic mass is 10.0. The summed E-state index contributed by atoms with van der Waals surface area (Å²) >= 11 is 0. The second-order valence-corrected chi connectivity index (χ2v) is 7.56. The molecule has 0 radical (unpaired) electrons. The smallest absolute Gasteiger partial charge is 0.339 e. The summed E-state index contributed by atoms with van der Waals surface area (Å²) in [5.41, 5.74) is 0.840. The lowest BCUT2D eigenvalue weighted by molar-refractivity contribution is -0.116. The van der Waals surface area contributed by atoms with E-state index >= 15 is 0 Å². The largest absolute Gasteiger partial charge is 0.465 e. The van der Waals surface area contributed by atoms with Crippen LogP contribution in [0.1, 0.15) is 28.4 Å². The Labute approximate surface area is 156 Å². The van der Waals surface area contributed by atoms with Gasteiger partial charge in [-0.05, 0) is 29.8 Å². The molecule has 0 aliphatic rings. The molecule has 1 amide bonds. The average molecular weight is 394 g/mol. The van der Waals surface area contributed by atoms with E-state index in [0.29, 0.717) is 5.56 Å². The lowest BCUT2D eigenvalue weighted by Gasteiger charge is -2.18. The number of anilines is 1. The summed E-state index contributed by atoms with van der Waals surface area (Å²) in [6, 6.07) is 10.5. The monoisotopic (exact) mass is 394 g/mol. The summed E-state index contributed by atoms with van der Waals surface area (Å²) < 4.78 is 43.4.